The molecule has 1 rings (SSSR count). The molecule has 1 aromatic carbocycles. The Balaban J connectivity index is 0.00000576. The molecule has 0 atom stereocenters. The van der Waals surface area contributed by atoms with Crippen molar-refractivity contribution in [1.82, 2.24) is 0 Å². The van der Waals surface area contributed by atoms with E-state index in [1.54, 1.807) is 0 Å². The molecule has 0 N–H and O–H groups in total. The molecule has 1 nitrogen and oxygen atoms in total. The molecule has 0 radical (unpaired) electrons. The van der Waals surface area contributed by atoms with E-state index in [0.29, 0.717) is 0 Å². The first-order valence-electron chi connectivity index (χ1n) is 10.5. The third-order valence-corrected chi connectivity index (χ3v) is 4.90. The number of anilines is 1. The van der Waals surface area contributed by atoms with Crippen LogP contribution in [0.5, 0.6) is 0 Å². The van der Waals surface area contributed by atoms with Crippen molar-refractivity contribution in [1.29, 1.82) is 0 Å². The molecule has 0 aliphatic heterocycles. The second-order valence-corrected chi connectivity index (χ2v) is 7.15. The van der Waals surface area contributed by atoms with E-state index in [2.05, 4.69) is 49.9 Å². The second-order valence-electron chi connectivity index (χ2n) is 7.15. The van der Waals surface area contributed by atoms with Crippen LogP contribution in [0, 0.1) is 6.92 Å². The molecule has 0 aliphatic carbocycles. The van der Waals surface area contributed by atoms with Gasteiger partial charge in [0.1, 0.15) is 0 Å². The molecule has 2 heteroatoms. The quantitative estimate of drug-likeness (QED) is 0.260. The summed E-state index contributed by atoms with van der Waals surface area (Å²) >= 11 is 0. The first-order chi connectivity index (χ1) is 11.8. The van der Waals surface area contributed by atoms with E-state index < -0.39 is 0 Å². The number of benzene rings is 1. The largest absolute Gasteiger partial charge is 1.00 e. The molecular formula is C23H40LiN. The van der Waals surface area contributed by atoms with E-state index in [0.717, 1.165) is 0 Å². The van der Waals surface area contributed by atoms with Gasteiger partial charge in [0.2, 0.25) is 0 Å². The fourth-order valence-electron chi connectivity index (χ4n) is 3.34. The number of rotatable bonds is 15. The minimum atomic E-state index is 0. The van der Waals surface area contributed by atoms with Crippen LogP contribution < -0.4 is 23.8 Å². The predicted octanol–water partition coefficient (Wildman–Crippen LogP) is 4.40. The number of para-hydroxylation sites is 1. The standard InChI is InChI=1S/C23H40N.Li/c1-4-6-8-10-12-16-20-24(21-17-13-11-9-7-5-2)23-19-15-14-18-22(23)3;/h14-15,18-19H,3-13,16-17,20-21H2,1-2H3;/q-1;+1. The van der Waals surface area contributed by atoms with Crippen molar-refractivity contribution in [3.05, 3.63) is 36.8 Å². The van der Waals surface area contributed by atoms with Gasteiger partial charge in [-0.25, -0.2) is 0 Å². The zero-order valence-corrected chi connectivity index (χ0v) is 17.4. The SMILES string of the molecule is [CH2-]c1ccccc1N(CCCCCCCC)CCCCCCCC.[Li+]. The Morgan fingerprint density at radius 2 is 1.12 bits per heavy atom. The minimum absolute atomic E-state index is 0. The van der Waals surface area contributed by atoms with Gasteiger partial charge in [0.15, 0.2) is 0 Å². The van der Waals surface area contributed by atoms with Gasteiger partial charge in [-0.1, -0.05) is 95.9 Å². The van der Waals surface area contributed by atoms with Crippen molar-refractivity contribution >= 4 is 5.69 Å². The van der Waals surface area contributed by atoms with Crippen LogP contribution >= 0.6 is 0 Å². The zero-order valence-electron chi connectivity index (χ0n) is 17.4. The van der Waals surface area contributed by atoms with E-state index in [1.165, 1.54) is 101 Å². The van der Waals surface area contributed by atoms with Gasteiger partial charge in [-0.15, -0.1) is 6.07 Å². The topological polar surface area (TPSA) is 3.24 Å². The normalized spacial score (nSPS) is 10.5. The van der Waals surface area contributed by atoms with Crippen molar-refractivity contribution in [2.45, 2.75) is 90.9 Å². The van der Waals surface area contributed by atoms with Crippen LogP contribution in [0.25, 0.3) is 0 Å². The van der Waals surface area contributed by atoms with Crippen molar-refractivity contribution in [2.75, 3.05) is 18.0 Å². The summed E-state index contributed by atoms with van der Waals surface area (Å²) in [6, 6.07) is 8.64. The third kappa shape index (κ3) is 11.7. The maximum absolute atomic E-state index is 4.24. The third-order valence-electron chi connectivity index (χ3n) is 4.90. The summed E-state index contributed by atoms with van der Waals surface area (Å²) in [6.07, 6.45) is 16.4. The molecule has 0 spiro atoms. The van der Waals surface area contributed by atoms with Gasteiger partial charge in [-0.05, 0) is 12.8 Å². The van der Waals surface area contributed by atoms with Crippen molar-refractivity contribution < 1.29 is 18.9 Å². The molecule has 1 aromatic rings. The van der Waals surface area contributed by atoms with Crippen molar-refractivity contribution in [3.8, 4) is 0 Å². The van der Waals surface area contributed by atoms with Crippen LogP contribution in [-0.2, 0) is 0 Å². The second kappa shape index (κ2) is 16.9. The summed E-state index contributed by atoms with van der Waals surface area (Å²) in [4.78, 5) is 2.59. The first-order valence-corrected chi connectivity index (χ1v) is 10.5. The van der Waals surface area contributed by atoms with Crippen LogP contribution in [0.2, 0.25) is 0 Å². The molecule has 0 amide bonds. The Kier molecular flexibility index (Phi) is 16.6. The Hall–Kier alpha value is -0.513. The predicted molar refractivity (Wildman–Crippen MR) is 110 cm³/mol. The Morgan fingerprint density at radius 3 is 1.60 bits per heavy atom. The van der Waals surface area contributed by atoms with Gasteiger partial charge >= 0.3 is 18.9 Å². The fourth-order valence-corrected chi connectivity index (χ4v) is 3.34. The van der Waals surface area contributed by atoms with Gasteiger partial charge in [-0.3, -0.25) is 0 Å². The van der Waals surface area contributed by atoms with Crippen LogP contribution in [0.1, 0.15) is 96.5 Å². The van der Waals surface area contributed by atoms with Gasteiger partial charge in [-0.2, -0.15) is 18.6 Å². The maximum atomic E-state index is 4.24. The van der Waals surface area contributed by atoms with E-state index in [4.69, 9.17) is 0 Å². The monoisotopic (exact) mass is 337 g/mol. The Labute approximate surface area is 170 Å². The van der Waals surface area contributed by atoms with E-state index in [9.17, 15) is 0 Å². The summed E-state index contributed by atoms with van der Waals surface area (Å²) in [5, 5.41) is 0. The molecule has 0 fully saturated rings. The number of hydrogen-bond acceptors (Lipinski definition) is 1. The summed E-state index contributed by atoms with van der Waals surface area (Å²) in [6.45, 7) is 11.2. The van der Waals surface area contributed by atoms with E-state index >= 15 is 0 Å². The summed E-state index contributed by atoms with van der Waals surface area (Å²) in [5.74, 6) is 0. The number of unbranched alkanes of at least 4 members (excludes halogenated alkanes) is 10. The average molecular weight is 338 g/mol. The van der Waals surface area contributed by atoms with Gasteiger partial charge in [0, 0.05) is 13.1 Å². The summed E-state index contributed by atoms with van der Waals surface area (Å²) < 4.78 is 0. The fraction of sp³-hybridized carbons (Fsp3) is 0.696. The van der Waals surface area contributed by atoms with Crippen LogP contribution in [0.4, 0.5) is 5.69 Å². The Bertz CT molecular complexity index is 389. The van der Waals surface area contributed by atoms with Crippen molar-refractivity contribution in [3.63, 3.8) is 0 Å². The summed E-state index contributed by atoms with van der Waals surface area (Å²) in [5.41, 5.74) is 2.52. The molecule has 138 valence electrons. The molecule has 0 aromatic heterocycles. The Morgan fingerprint density at radius 1 is 0.680 bits per heavy atom. The first kappa shape index (κ1) is 24.5. The molecule has 0 saturated heterocycles. The molecule has 25 heavy (non-hydrogen) atoms. The minimum Gasteiger partial charge on any atom is -0.423 e. The van der Waals surface area contributed by atoms with Crippen LogP contribution in [0.3, 0.4) is 0 Å². The number of nitrogens with zero attached hydrogens (tertiary/aromatic N) is 1. The molecule has 0 saturated carbocycles. The maximum Gasteiger partial charge on any atom is 1.00 e. The van der Waals surface area contributed by atoms with E-state index in [1.807, 2.05) is 0 Å². The number of hydrogen-bond donors (Lipinski definition) is 0. The smallest absolute Gasteiger partial charge is 0.423 e. The van der Waals surface area contributed by atoms with Crippen molar-refractivity contribution in [2.24, 2.45) is 0 Å². The summed E-state index contributed by atoms with van der Waals surface area (Å²) in [7, 11) is 0. The average Bonchev–Trinajstić information content (AvgIpc) is 2.60. The molecule has 0 bridgehead atoms. The van der Waals surface area contributed by atoms with Gasteiger partial charge in [0.25, 0.3) is 0 Å². The molecule has 0 unspecified atom stereocenters. The van der Waals surface area contributed by atoms with Gasteiger partial charge in [0.05, 0.1) is 0 Å². The molecular weight excluding hydrogens is 297 g/mol. The van der Waals surface area contributed by atoms with E-state index in [-0.39, 0.29) is 18.9 Å². The zero-order chi connectivity index (χ0) is 17.5. The molecule has 0 aliphatic rings. The molecule has 0 heterocycles. The van der Waals surface area contributed by atoms with Crippen LogP contribution in [-0.4, -0.2) is 13.1 Å². The van der Waals surface area contributed by atoms with Crippen LogP contribution in [0.15, 0.2) is 24.3 Å². The van der Waals surface area contributed by atoms with Gasteiger partial charge < -0.3 is 4.90 Å².